The lowest BCUT2D eigenvalue weighted by atomic mass is 9.73. The molecule has 8 heteroatoms. The molecule has 4 aromatic rings. The third-order valence-electron chi connectivity index (χ3n) is 7.17. The quantitative estimate of drug-likeness (QED) is 0.288. The number of hydrogen-bond donors (Lipinski definition) is 1. The predicted octanol–water partition coefficient (Wildman–Crippen LogP) is 6.84. The Labute approximate surface area is 232 Å². The SMILES string of the molecule is COc1cc(C2C3=C(CC(C)(C)CC3=O)Nc3nc(-c4ccc(Cl)cc4)nn32)ccc1OCc1ccccc1. The van der Waals surface area contributed by atoms with Gasteiger partial charge in [0, 0.05) is 28.3 Å². The molecule has 0 fully saturated rings. The Kier molecular flexibility index (Phi) is 6.39. The van der Waals surface area contributed by atoms with Gasteiger partial charge in [0.05, 0.1) is 7.11 Å². The molecule has 1 atom stereocenters. The molecular formula is C31H29ClN4O3. The number of fused-ring (bicyclic) bond motifs is 1. The summed E-state index contributed by atoms with van der Waals surface area (Å²) < 4.78 is 13.6. The van der Waals surface area contributed by atoms with Crippen molar-refractivity contribution in [2.24, 2.45) is 5.41 Å². The molecule has 1 N–H and O–H groups in total. The molecule has 1 aliphatic carbocycles. The maximum absolute atomic E-state index is 13.6. The van der Waals surface area contributed by atoms with Gasteiger partial charge in [-0.05, 0) is 59.4 Å². The standard InChI is InChI=1S/C31H29ClN4O3/c1-31(2)16-23-27(24(37)17-31)28(36-30(33-23)34-29(35-36)20-9-12-22(32)13-10-20)21-11-14-25(26(15-21)38-3)39-18-19-7-5-4-6-8-19/h4-15,28H,16-18H2,1-3H3,(H,33,34,35). The number of carbonyl (C=O) groups excluding carboxylic acids is 1. The molecule has 3 aromatic carbocycles. The average molecular weight is 541 g/mol. The van der Waals surface area contributed by atoms with Crippen LogP contribution in [0.4, 0.5) is 5.95 Å². The summed E-state index contributed by atoms with van der Waals surface area (Å²) in [5, 5.41) is 8.94. The number of rotatable bonds is 6. The van der Waals surface area contributed by atoms with Crippen molar-refractivity contribution < 1.29 is 14.3 Å². The minimum atomic E-state index is -0.453. The number of carbonyl (C=O) groups is 1. The molecule has 1 aromatic heterocycles. The summed E-state index contributed by atoms with van der Waals surface area (Å²) in [4.78, 5) is 18.4. The smallest absolute Gasteiger partial charge is 0.226 e. The van der Waals surface area contributed by atoms with Gasteiger partial charge < -0.3 is 14.8 Å². The zero-order chi connectivity index (χ0) is 27.1. The first kappa shape index (κ1) is 25.2. The van der Waals surface area contributed by atoms with E-state index in [2.05, 4.69) is 19.2 Å². The number of benzene rings is 3. The zero-order valence-electron chi connectivity index (χ0n) is 22.1. The Balaban J connectivity index is 1.42. The van der Waals surface area contributed by atoms with Gasteiger partial charge in [-0.2, -0.15) is 4.98 Å². The van der Waals surface area contributed by atoms with Crippen LogP contribution in [0.3, 0.4) is 0 Å². The van der Waals surface area contributed by atoms with Crippen LogP contribution in [-0.2, 0) is 11.4 Å². The van der Waals surface area contributed by atoms with Crippen molar-refractivity contribution in [1.29, 1.82) is 0 Å². The van der Waals surface area contributed by atoms with Crippen LogP contribution < -0.4 is 14.8 Å². The van der Waals surface area contributed by atoms with Crippen LogP contribution in [-0.4, -0.2) is 27.7 Å². The first-order valence-corrected chi connectivity index (χ1v) is 13.3. The van der Waals surface area contributed by atoms with E-state index in [4.69, 9.17) is 31.2 Å². The zero-order valence-corrected chi connectivity index (χ0v) is 22.8. The Morgan fingerprint density at radius 3 is 2.54 bits per heavy atom. The third-order valence-corrected chi connectivity index (χ3v) is 7.43. The van der Waals surface area contributed by atoms with Crippen molar-refractivity contribution in [1.82, 2.24) is 14.8 Å². The van der Waals surface area contributed by atoms with E-state index in [0.29, 0.717) is 41.3 Å². The van der Waals surface area contributed by atoms with Gasteiger partial charge in [-0.3, -0.25) is 4.79 Å². The fourth-order valence-electron chi connectivity index (χ4n) is 5.35. The monoisotopic (exact) mass is 540 g/mol. The van der Waals surface area contributed by atoms with Crippen LogP contribution in [0.5, 0.6) is 11.5 Å². The molecule has 0 bridgehead atoms. The molecule has 0 saturated heterocycles. The van der Waals surface area contributed by atoms with E-state index in [-0.39, 0.29) is 11.2 Å². The minimum Gasteiger partial charge on any atom is -0.493 e. The Bertz CT molecular complexity index is 1580. The number of aromatic nitrogens is 3. The summed E-state index contributed by atoms with van der Waals surface area (Å²) in [6.07, 6.45) is 1.20. The fourth-order valence-corrected chi connectivity index (χ4v) is 5.47. The fraction of sp³-hybridized carbons (Fsp3) is 0.258. The molecule has 39 heavy (non-hydrogen) atoms. The summed E-state index contributed by atoms with van der Waals surface area (Å²) in [6.45, 7) is 4.65. The van der Waals surface area contributed by atoms with Crippen LogP contribution in [0.2, 0.25) is 5.02 Å². The largest absolute Gasteiger partial charge is 0.493 e. The van der Waals surface area contributed by atoms with Crippen molar-refractivity contribution in [2.45, 2.75) is 39.3 Å². The van der Waals surface area contributed by atoms with Crippen LogP contribution in [0.25, 0.3) is 11.4 Å². The molecule has 198 valence electrons. The maximum Gasteiger partial charge on any atom is 0.226 e. The van der Waals surface area contributed by atoms with E-state index in [1.165, 1.54) is 0 Å². The number of ketones is 1. The number of allylic oxidation sites excluding steroid dienone is 2. The predicted molar refractivity (Wildman–Crippen MR) is 151 cm³/mol. The number of Topliss-reactive ketones (excluding diaryl/α,β-unsaturated/α-hetero) is 1. The Hall–Kier alpha value is -4.10. The summed E-state index contributed by atoms with van der Waals surface area (Å²) in [5.41, 5.74) is 4.24. The number of nitrogens with one attached hydrogen (secondary N) is 1. The van der Waals surface area contributed by atoms with E-state index in [9.17, 15) is 4.79 Å². The van der Waals surface area contributed by atoms with Gasteiger partial charge in [-0.15, -0.1) is 5.10 Å². The number of anilines is 1. The van der Waals surface area contributed by atoms with Gasteiger partial charge in [0.25, 0.3) is 0 Å². The summed E-state index contributed by atoms with van der Waals surface area (Å²) in [6, 6.07) is 22.7. The van der Waals surface area contributed by atoms with Crippen molar-refractivity contribution in [3.8, 4) is 22.9 Å². The normalized spacial score (nSPS) is 17.7. The number of methoxy groups -OCH3 is 1. The maximum atomic E-state index is 13.6. The molecule has 0 spiro atoms. The molecule has 2 aliphatic rings. The topological polar surface area (TPSA) is 78.3 Å². The van der Waals surface area contributed by atoms with Crippen molar-refractivity contribution in [2.75, 3.05) is 12.4 Å². The number of hydrogen-bond acceptors (Lipinski definition) is 6. The lowest BCUT2D eigenvalue weighted by molar-refractivity contribution is -0.118. The van der Waals surface area contributed by atoms with Crippen LogP contribution >= 0.6 is 11.6 Å². The van der Waals surface area contributed by atoms with Gasteiger partial charge in [0.1, 0.15) is 12.6 Å². The molecule has 7 nitrogen and oxygen atoms in total. The lowest BCUT2D eigenvalue weighted by Gasteiger charge is -2.38. The number of halogens is 1. The van der Waals surface area contributed by atoms with E-state index in [1.807, 2.05) is 72.8 Å². The molecule has 0 saturated carbocycles. The second-order valence-corrected chi connectivity index (χ2v) is 11.2. The first-order chi connectivity index (χ1) is 18.8. The van der Waals surface area contributed by atoms with E-state index in [0.717, 1.165) is 34.4 Å². The molecule has 1 aliphatic heterocycles. The molecule has 2 heterocycles. The van der Waals surface area contributed by atoms with E-state index >= 15 is 0 Å². The summed E-state index contributed by atoms with van der Waals surface area (Å²) >= 11 is 6.10. The van der Waals surface area contributed by atoms with Gasteiger partial charge in [-0.1, -0.05) is 61.8 Å². The highest BCUT2D eigenvalue weighted by Gasteiger charge is 2.42. The van der Waals surface area contributed by atoms with Gasteiger partial charge in [0.15, 0.2) is 23.1 Å². The Morgan fingerprint density at radius 1 is 1.03 bits per heavy atom. The van der Waals surface area contributed by atoms with Crippen molar-refractivity contribution >= 4 is 23.3 Å². The first-order valence-electron chi connectivity index (χ1n) is 12.9. The van der Waals surface area contributed by atoms with Crippen molar-refractivity contribution in [3.05, 3.63) is 100 Å². The van der Waals surface area contributed by atoms with Crippen LogP contribution in [0.15, 0.2) is 84.1 Å². The van der Waals surface area contributed by atoms with Gasteiger partial charge in [0.2, 0.25) is 5.95 Å². The Morgan fingerprint density at radius 2 is 1.79 bits per heavy atom. The second kappa shape index (κ2) is 9.89. The van der Waals surface area contributed by atoms with Gasteiger partial charge >= 0.3 is 0 Å². The summed E-state index contributed by atoms with van der Waals surface area (Å²) in [5.74, 6) is 2.48. The highest BCUT2D eigenvalue weighted by molar-refractivity contribution is 6.30. The number of nitrogens with zero attached hydrogens (tertiary/aromatic N) is 3. The second-order valence-electron chi connectivity index (χ2n) is 10.8. The molecular weight excluding hydrogens is 512 g/mol. The van der Waals surface area contributed by atoms with E-state index < -0.39 is 6.04 Å². The van der Waals surface area contributed by atoms with Gasteiger partial charge in [-0.25, -0.2) is 4.68 Å². The van der Waals surface area contributed by atoms with E-state index in [1.54, 1.807) is 11.8 Å². The molecule has 0 radical (unpaired) electrons. The molecule has 0 amide bonds. The van der Waals surface area contributed by atoms with Crippen LogP contribution in [0.1, 0.15) is 43.9 Å². The molecule has 6 rings (SSSR count). The third kappa shape index (κ3) is 4.90. The molecule has 1 unspecified atom stereocenters. The average Bonchev–Trinajstić information content (AvgIpc) is 3.34. The highest BCUT2D eigenvalue weighted by Crippen LogP contribution is 2.46. The minimum absolute atomic E-state index is 0.108. The van der Waals surface area contributed by atoms with Crippen LogP contribution in [0, 0.1) is 5.41 Å². The number of ether oxygens (including phenoxy) is 2. The lowest BCUT2D eigenvalue weighted by Crippen LogP contribution is -2.36. The van der Waals surface area contributed by atoms with Crippen molar-refractivity contribution in [3.63, 3.8) is 0 Å². The summed E-state index contributed by atoms with van der Waals surface area (Å²) in [7, 11) is 1.62. The highest BCUT2D eigenvalue weighted by atomic mass is 35.5.